The molecule has 0 atom stereocenters. The van der Waals surface area contributed by atoms with Crippen LogP contribution in [0.4, 0.5) is 11.8 Å². The first kappa shape index (κ1) is 14.3. The molecular formula is C14H19N7O. The summed E-state index contributed by atoms with van der Waals surface area (Å²) in [6.45, 7) is 3.14. The molecule has 4 N–H and O–H groups in total. The lowest BCUT2D eigenvalue weighted by Crippen LogP contribution is -2.41. The molecule has 0 radical (unpaired) electrons. The van der Waals surface area contributed by atoms with Gasteiger partial charge in [-0.15, -0.1) is 0 Å². The Morgan fingerprint density at radius 1 is 1.45 bits per heavy atom. The average molecular weight is 301 g/mol. The first-order chi connectivity index (χ1) is 10.6. The Bertz CT molecular complexity index is 661. The summed E-state index contributed by atoms with van der Waals surface area (Å²) in [5, 5.41) is 9.92. The van der Waals surface area contributed by atoms with Crippen molar-refractivity contribution < 1.29 is 4.79 Å². The SMILES string of the molecule is CC(=O)N1CCC(Nc2nccc(-c3cn[nH]c3N)n2)CC1. The van der Waals surface area contributed by atoms with E-state index in [2.05, 4.69) is 25.5 Å². The minimum atomic E-state index is 0.132. The number of aromatic amines is 1. The van der Waals surface area contributed by atoms with Gasteiger partial charge in [-0.25, -0.2) is 9.97 Å². The smallest absolute Gasteiger partial charge is 0.223 e. The highest BCUT2D eigenvalue weighted by Gasteiger charge is 2.21. The van der Waals surface area contributed by atoms with Crippen LogP contribution in [0.1, 0.15) is 19.8 Å². The molecule has 3 heterocycles. The standard InChI is InChI=1S/C14H19N7O/c1-9(22)21-6-3-10(4-7-21)18-14-16-5-2-12(19-14)11-8-17-20-13(11)15/h2,5,8,10H,3-4,6-7H2,1H3,(H3,15,17,20)(H,16,18,19). The lowest BCUT2D eigenvalue weighted by molar-refractivity contribution is -0.129. The normalized spacial score (nSPS) is 15.8. The molecule has 0 unspecified atom stereocenters. The van der Waals surface area contributed by atoms with Gasteiger partial charge >= 0.3 is 0 Å². The van der Waals surface area contributed by atoms with E-state index in [0.717, 1.165) is 37.2 Å². The van der Waals surface area contributed by atoms with Crippen LogP contribution in [0.2, 0.25) is 0 Å². The van der Waals surface area contributed by atoms with Gasteiger partial charge < -0.3 is 16.0 Å². The van der Waals surface area contributed by atoms with Crippen molar-refractivity contribution in [3.05, 3.63) is 18.5 Å². The van der Waals surface area contributed by atoms with Gasteiger partial charge in [-0.2, -0.15) is 5.10 Å². The number of nitrogens with one attached hydrogen (secondary N) is 2. The lowest BCUT2D eigenvalue weighted by atomic mass is 10.1. The summed E-state index contributed by atoms with van der Waals surface area (Å²) < 4.78 is 0. The van der Waals surface area contributed by atoms with Gasteiger partial charge in [-0.3, -0.25) is 9.89 Å². The fourth-order valence-corrected chi connectivity index (χ4v) is 2.60. The van der Waals surface area contributed by atoms with Gasteiger partial charge in [0.1, 0.15) is 5.82 Å². The Morgan fingerprint density at radius 2 is 2.23 bits per heavy atom. The van der Waals surface area contributed by atoms with Gasteiger partial charge in [-0.1, -0.05) is 0 Å². The lowest BCUT2D eigenvalue weighted by Gasteiger charge is -2.31. The number of piperidine rings is 1. The molecule has 1 fully saturated rings. The molecule has 8 heteroatoms. The van der Waals surface area contributed by atoms with E-state index in [0.29, 0.717) is 11.8 Å². The van der Waals surface area contributed by atoms with E-state index in [-0.39, 0.29) is 11.9 Å². The number of amides is 1. The molecule has 1 saturated heterocycles. The number of nitrogen functional groups attached to an aromatic ring is 1. The fourth-order valence-electron chi connectivity index (χ4n) is 2.60. The molecule has 1 aliphatic rings. The van der Waals surface area contributed by atoms with Crippen LogP contribution in [0.5, 0.6) is 0 Å². The molecule has 2 aromatic heterocycles. The van der Waals surface area contributed by atoms with Crippen molar-refractivity contribution in [1.82, 2.24) is 25.1 Å². The van der Waals surface area contributed by atoms with Crippen molar-refractivity contribution in [3.8, 4) is 11.3 Å². The zero-order chi connectivity index (χ0) is 15.5. The van der Waals surface area contributed by atoms with Crippen molar-refractivity contribution in [2.24, 2.45) is 0 Å². The van der Waals surface area contributed by atoms with Gasteiger partial charge in [-0.05, 0) is 18.9 Å². The highest BCUT2D eigenvalue weighted by atomic mass is 16.2. The molecule has 0 saturated carbocycles. The minimum absolute atomic E-state index is 0.132. The maximum Gasteiger partial charge on any atom is 0.223 e. The van der Waals surface area contributed by atoms with Crippen molar-refractivity contribution in [3.63, 3.8) is 0 Å². The van der Waals surface area contributed by atoms with Crippen LogP contribution < -0.4 is 11.1 Å². The number of nitrogens with two attached hydrogens (primary N) is 1. The second-order valence-corrected chi connectivity index (χ2v) is 5.39. The summed E-state index contributed by atoms with van der Waals surface area (Å²) in [7, 11) is 0. The Balaban J connectivity index is 1.67. The predicted octanol–water partition coefficient (Wildman–Crippen LogP) is 0.872. The zero-order valence-corrected chi connectivity index (χ0v) is 12.4. The predicted molar refractivity (Wildman–Crippen MR) is 82.9 cm³/mol. The van der Waals surface area contributed by atoms with Crippen LogP contribution in [0, 0.1) is 0 Å². The topological polar surface area (TPSA) is 113 Å². The van der Waals surface area contributed by atoms with Crippen molar-refractivity contribution in [2.75, 3.05) is 24.1 Å². The number of hydrogen-bond acceptors (Lipinski definition) is 6. The second kappa shape index (κ2) is 6.00. The molecule has 0 aromatic carbocycles. The van der Waals surface area contributed by atoms with E-state index in [1.165, 1.54) is 0 Å². The molecule has 0 aliphatic carbocycles. The van der Waals surface area contributed by atoms with Gasteiger partial charge in [0.05, 0.1) is 17.5 Å². The highest BCUT2D eigenvalue weighted by molar-refractivity contribution is 5.73. The number of rotatable bonds is 3. The zero-order valence-electron chi connectivity index (χ0n) is 12.4. The summed E-state index contributed by atoms with van der Waals surface area (Å²) in [5.41, 5.74) is 7.30. The number of carbonyl (C=O) groups is 1. The molecule has 1 aliphatic heterocycles. The number of carbonyl (C=O) groups excluding carboxylic acids is 1. The molecular weight excluding hydrogens is 282 g/mol. The third kappa shape index (κ3) is 3.00. The quantitative estimate of drug-likeness (QED) is 0.775. The van der Waals surface area contributed by atoms with E-state index < -0.39 is 0 Å². The van der Waals surface area contributed by atoms with Crippen molar-refractivity contribution in [1.29, 1.82) is 0 Å². The number of likely N-dealkylation sites (tertiary alicyclic amines) is 1. The first-order valence-electron chi connectivity index (χ1n) is 7.28. The average Bonchev–Trinajstić information content (AvgIpc) is 2.94. The van der Waals surface area contributed by atoms with E-state index in [4.69, 9.17) is 5.73 Å². The molecule has 116 valence electrons. The number of H-pyrrole nitrogens is 1. The third-order valence-electron chi connectivity index (χ3n) is 3.87. The van der Waals surface area contributed by atoms with Gasteiger partial charge in [0, 0.05) is 32.3 Å². The van der Waals surface area contributed by atoms with Crippen molar-refractivity contribution >= 4 is 17.7 Å². The van der Waals surface area contributed by atoms with Gasteiger partial charge in [0.2, 0.25) is 11.9 Å². The van der Waals surface area contributed by atoms with E-state index in [1.807, 2.05) is 4.90 Å². The van der Waals surface area contributed by atoms with Crippen LogP contribution >= 0.6 is 0 Å². The van der Waals surface area contributed by atoms with Crippen LogP contribution in [0.15, 0.2) is 18.5 Å². The van der Waals surface area contributed by atoms with E-state index >= 15 is 0 Å². The first-order valence-corrected chi connectivity index (χ1v) is 7.28. The molecule has 2 aromatic rings. The van der Waals surface area contributed by atoms with Crippen LogP contribution in [0.25, 0.3) is 11.3 Å². The number of anilines is 2. The fraction of sp³-hybridized carbons (Fsp3) is 0.429. The molecule has 8 nitrogen and oxygen atoms in total. The summed E-state index contributed by atoms with van der Waals surface area (Å²) in [6.07, 6.45) is 5.12. The maximum absolute atomic E-state index is 11.3. The van der Waals surface area contributed by atoms with E-state index in [9.17, 15) is 4.79 Å². The Labute approximate surface area is 128 Å². The summed E-state index contributed by atoms with van der Waals surface area (Å²) >= 11 is 0. The maximum atomic E-state index is 11.3. The number of nitrogens with zero attached hydrogens (tertiary/aromatic N) is 4. The van der Waals surface area contributed by atoms with Crippen LogP contribution in [0.3, 0.4) is 0 Å². The molecule has 22 heavy (non-hydrogen) atoms. The summed E-state index contributed by atoms with van der Waals surface area (Å²) in [6, 6.07) is 2.07. The summed E-state index contributed by atoms with van der Waals surface area (Å²) in [5.74, 6) is 1.19. The second-order valence-electron chi connectivity index (χ2n) is 5.39. The number of hydrogen-bond donors (Lipinski definition) is 3. The largest absolute Gasteiger partial charge is 0.384 e. The number of aromatic nitrogens is 4. The summed E-state index contributed by atoms with van der Waals surface area (Å²) in [4.78, 5) is 21.9. The molecule has 3 rings (SSSR count). The van der Waals surface area contributed by atoms with Crippen molar-refractivity contribution in [2.45, 2.75) is 25.8 Å². The molecule has 0 bridgehead atoms. The highest BCUT2D eigenvalue weighted by Crippen LogP contribution is 2.22. The third-order valence-corrected chi connectivity index (χ3v) is 3.87. The Morgan fingerprint density at radius 3 is 2.86 bits per heavy atom. The minimum Gasteiger partial charge on any atom is -0.384 e. The molecule has 1 amide bonds. The monoisotopic (exact) mass is 301 g/mol. The Hall–Kier alpha value is -2.64. The Kier molecular flexibility index (Phi) is 3.90. The van der Waals surface area contributed by atoms with Gasteiger partial charge in [0.25, 0.3) is 0 Å². The van der Waals surface area contributed by atoms with E-state index in [1.54, 1.807) is 25.4 Å². The molecule has 0 spiro atoms. The van der Waals surface area contributed by atoms with Crippen LogP contribution in [-0.4, -0.2) is 50.1 Å². The van der Waals surface area contributed by atoms with Gasteiger partial charge in [0.15, 0.2) is 0 Å². The van der Waals surface area contributed by atoms with Crippen LogP contribution in [-0.2, 0) is 4.79 Å².